The molecule has 0 aromatic heterocycles. The lowest BCUT2D eigenvalue weighted by molar-refractivity contribution is 0.280. The zero-order valence-electron chi connectivity index (χ0n) is 13.2. The number of halogens is 1. The van der Waals surface area contributed by atoms with Crippen molar-refractivity contribution in [3.63, 3.8) is 0 Å². The van der Waals surface area contributed by atoms with E-state index in [4.69, 9.17) is 16.3 Å². The van der Waals surface area contributed by atoms with Crippen molar-refractivity contribution >= 4 is 17.6 Å². The molecule has 0 saturated carbocycles. The minimum absolute atomic E-state index is 0.644. The van der Waals surface area contributed by atoms with Crippen molar-refractivity contribution in [3.05, 3.63) is 47.1 Å². The van der Waals surface area contributed by atoms with Crippen molar-refractivity contribution in [1.82, 2.24) is 4.90 Å². The number of benzene rings is 1. The first-order valence-electron chi connectivity index (χ1n) is 7.40. The van der Waals surface area contributed by atoms with Crippen molar-refractivity contribution in [1.29, 1.82) is 0 Å². The molecule has 21 heavy (non-hydrogen) atoms. The lowest BCUT2D eigenvalue weighted by atomic mass is 10.1. The van der Waals surface area contributed by atoms with Crippen LogP contribution in [-0.2, 0) is 11.2 Å². The van der Waals surface area contributed by atoms with Crippen LogP contribution in [0.1, 0.15) is 32.3 Å². The number of hydrogen-bond donors (Lipinski definition) is 0. The minimum atomic E-state index is 0.644. The molecule has 0 aliphatic heterocycles. The molecule has 0 fully saturated rings. The number of nitrogens with zero attached hydrogens (tertiary/aromatic N) is 2. The van der Waals surface area contributed by atoms with Crippen LogP contribution in [0.4, 0.5) is 0 Å². The smallest absolute Gasteiger partial charge is 0.291 e. The molecule has 0 N–H and O–H groups in total. The summed E-state index contributed by atoms with van der Waals surface area (Å²) in [6, 6.07) is 8.40. The number of rotatable bonds is 7. The Morgan fingerprint density at radius 1 is 1.29 bits per heavy atom. The Morgan fingerprint density at radius 2 is 1.95 bits per heavy atom. The summed E-state index contributed by atoms with van der Waals surface area (Å²) < 4.78 is 5.44. The molecule has 3 nitrogen and oxygen atoms in total. The van der Waals surface area contributed by atoms with E-state index in [1.807, 2.05) is 24.3 Å². The van der Waals surface area contributed by atoms with Gasteiger partial charge in [-0.1, -0.05) is 44.2 Å². The molecule has 0 heterocycles. The number of amidine groups is 1. The molecule has 116 valence electrons. The average molecular weight is 309 g/mol. The Kier molecular flexibility index (Phi) is 7.91. The molecule has 0 spiro atoms. The summed E-state index contributed by atoms with van der Waals surface area (Å²) in [6.45, 7) is 10.2. The van der Waals surface area contributed by atoms with Crippen LogP contribution >= 0.6 is 11.6 Å². The lowest BCUT2D eigenvalue weighted by Crippen LogP contribution is -2.33. The predicted octanol–water partition coefficient (Wildman–Crippen LogP) is 4.52. The Balaban J connectivity index is 2.78. The monoisotopic (exact) mass is 308 g/mol. The van der Waals surface area contributed by atoms with E-state index in [-0.39, 0.29) is 0 Å². The Hall–Kier alpha value is -1.48. The number of allylic oxidation sites excluding steroid dienone is 1. The van der Waals surface area contributed by atoms with Crippen molar-refractivity contribution in [2.24, 2.45) is 4.99 Å². The van der Waals surface area contributed by atoms with Gasteiger partial charge in [0.1, 0.15) is 0 Å². The zero-order chi connectivity index (χ0) is 15.7. The predicted molar refractivity (Wildman–Crippen MR) is 90.9 cm³/mol. The minimum Gasteiger partial charge on any atom is -0.468 e. The maximum atomic E-state index is 6.00. The van der Waals surface area contributed by atoms with Gasteiger partial charge in [-0.2, -0.15) is 0 Å². The molecule has 1 rings (SSSR count). The highest BCUT2D eigenvalue weighted by Gasteiger charge is 2.10. The van der Waals surface area contributed by atoms with Gasteiger partial charge >= 0.3 is 0 Å². The van der Waals surface area contributed by atoms with Crippen LogP contribution in [0.15, 0.2) is 41.5 Å². The van der Waals surface area contributed by atoms with Crippen molar-refractivity contribution in [2.45, 2.75) is 33.1 Å². The summed E-state index contributed by atoms with van der Waals surface area (Å²) in [5.74, 6) is 0. The second-order valence-electron chi connectivity index (χ2n) is 4.96. The third-order valence-corrected chi connectivity index (χ3v) is 3.23. The maximum absolute atomic E-state index is 6.00. The summed E-state index contributed by atoms with van der Waals surface area (Å²) in [7, 11) is 1.66. The largest absolute Gasteiger partial charge is 0.468 e. The molecule has 0 amide bonds. The SMILES string of the molecule is C=C(Cc1cccc(Cl)c1)N=C(OC)N(CCC)CCC. The first kappa shape index (κ1) is 17.6. The van der Waals surface area contributed by atoms with Gasteiger partial charge < -0.3 is 9.64 Å². The lowest BCUT2D eigenvalue weighted by Gasteiger charge is -2.23. The maximum Gasteiger partial charge on any atom is 0.291 e. The molecule has 1 aromatic rings. The van der Waals surface area contributed by atoms with E-state index in [0.29, 0.717) is 12.4 Å². The first-order chi connectivity index (χ1) is 10.1. The Bertz CT molecular complexity index is 479. The normalized spacial score (nSPS) is 11.3. The van der Waals surface area contributed by atoms with Gasteiger partial charge in [-0.15, -0.1) is 0 Å². The molecule has 0 aliphatic rings. The van der Waals surface area contributed by atoms with Gasteiger partial charge in [-0.05, 0) is 30.5 Å². The number of ether oxygens (including phenoxy) is 1. The van der Waals surface area contributed by atoms with Crippen LogP contribution in [0.5, 0.6) is 0 Å². The highest BCUT2D eigenvalue weighted by Crippen LogP contribution is 2.14. The molecule has 0 unspecified atom stereocenters. The van der Waals surface area contributed by atoms with Gasteiger partial charge in [0.05, 0.1) is 7.11 Å². The second kappa shape index (κ2) is 9.46. The van der Waals surface area contributed by atoms with Crippen molar-refractivity contribution in [2.75, 3.05) is 20.2 Å². The summed E-state index contributed by atoms with van der Waals surface area (Å²) in [4.78, 5) is 6.70. The third-order valence-electron chi connectivity index (χ3n) is 2.99. The Morgan fingerprint density at radius 3 is 2.48 bits per heavy atom. The number of aliphatic imine (C=N–C) groups is 1. The van der Waals surface area contributed by atoms with Gasteiger partial charge in [-0.25, -0.2) is 4.99 Å². The van der Waals surface area contributed by atoms with Gasteiger partial charge in [0.2, 0.25) is 0 Å². The second-order valence-corrected chi connectivity index (χ2v) is 5.39. The summed E-state index contributed by atoms with van der Waals surface area (Å²) in [5.41, 5.74) is 1.87. The fourth-order valence-corrected chi connectivity index (χ4v) is 2.36. The quantitative estimate of drug-likeness (QED) is 0.546. The number of methoxy groups -OCH3 is 1. The fourth-order valence-electron chi connectivity index (χ4n) is 2.15. The molecule has 1 aromatic carbocycles. The van der Waals surface area contributed by atoms with E-state index < -0.39 is 0 Å². The standard InChI is InChI=1S/C17H25ClN2O/c1-5-10-20(11-6-2)17(21-4)19-14(3)12-15-8-7-9-16(18)13-15/h7-9,13H,3,5-6,10-12H2,1-2,4H3. The highest BCUT2D eigenvalue weighted by atomic mass is 35.5. The Labute approximate surface area is 133 Å². The van der Waals surface area contributed by atoms with E-state index in [1.165, 1.54) is 0 Å². The van der Waals surface area contributed by atoms with E-state index in [2.05, 4.69) is 30.3 Å². The third kappa shape index (κ3) is 6.21. The van der Waals surface area contributed by atoms with E-state index >= 15 is 0 Å². The molecule has 0 aliphatic carbocycles. The molecule has 0 atom stereocenters. The number of hydrogen-bond acceptors (Lipinski definition) is 2. The molecule has 0 bridgehead atoms. The van der Waals surface area contributed by atoms with Gasteiger partial charge in [0.15, 0.2) is 0 Å². The van der Waals surface area contributed by atoms with Crippen LogP contribution in [-0.4, -0.2) is 31.1 Å². The highest BCUT2D eigenvalue weighted by molar-refractivity contribution is 6.30. The van der Waals surface area contributed by atoms with Gasteiger partial charge in [0, 0.05) is 30.2 Å². The van der Waals surface area contributed by atoms with Gasteiger partial charge in [0.25, 0.3) is 6.02 Å². The van der Waals surface area contributed by atoms with Crippen LogP contribution in [0.25, 0.3) is 0 Å². The fraction of sp³-hybridized carbons (Fsp3) is 0.471. The van der Waals surface area contributed by atoms with E-state index in [9.17, 15) is 0 Å². The molecular weight excluding hydrogens is 284 g/mol. The molecule has 4 heteroatoms. The first-order valence-corrected chi connectivity index (χ1v) is 7.78. The van der Waals surface area contributed by atoms with E-state index in [1.54, 1.807) is 7.11 Å². The summed E-state index contributed by atoms with van der Waals surface area (Å²) in [6.07, 6.45) is 2.78. The van der Waals surface area contributed by atoms with Crippen molar-refractivity contribution in [3.8, 4) is 0 Å². The van der Waals surface area contributed by atoms with E-state index in [0.717, 1.165) is 42.2 Å². The van der Waals surface area contributed by atoms with Crippen LogP contribution in [0.3, 0.4) is 0 Å². The van der Waals surface area contributed by atoms with Crippen LogP contribution < -0.4 is 0 Å². The summed E-state index contributed by atoms with van der Waals surface area (Å²) >= 11 is 6.00. The summed E-state index contributed by atoms with van der Waals surface area (Å²) in [5, 5.41) is 0.731. The average Bonchev–Trinajstić information content (AvgIpc) is 2.44. The topological polar surface area (TPSA) is 24.8 Å². The molecule has 0 saturated heterocycles. The van der Waals surface area contributed by atoms with Crippen LogP contribution in [0.2, 0.25) is 5.02 Å². The molecule has 0 radical (unpaired) electrons. The van der Waals surface area contributed by atoms with Crippen molar-refractivity contribution < 1.29 is 4.74 Å². The molecular formula is C17H25ClN2O. The van der Waals surface area contributed by atoms with Gasteiger partial charge in [-0.3, -0.25) is 0 Å². The zero-order valence-corrected chi connectivity index (χ0v) is 14.0. The van der Waals surface area contributed by atoms with Crippen LogP contribution in [0, 0.1) is 0 Å².